The highest BCUT2D eigenvalue weighted by Crippen LogP contribution is 2.45. The van der Waals surface area contributed by atoms with E-state index in [-0.39, 0.29) is 0 Å². The Balaban J connectivity index is 1.52. The maximum atomic E-state index is 11.3. The van der Waals surface area contributed by atoms with Crippen molar-refractivity contribution in [3.63, 3.8) is 0 Å². The predicted molar refractivity (Wildman–Crippen MR) is 130 cm³/mol. The molecule has 4 aromatic rings. The van der Waals surface area contributed by atoms with E-state index in [0.29, 0.717) is 0 Å². The molecule has 0 unspecified atom stereocenters. The van der Waals surface area contributed by atoms with Crippen LogP contribution in [0.15, 0.2) is 71.5 Å². The highest BCUT2D eigenvalue weighted by molar-refractivity contribution is 9.10. The maximum Gasteiger partial charge on any atom is 0.405 e. The van der Waals surface area contributed by atoms with E-state index >= 15 is 0 Å². The predicted octanol–water partition coefficient (Wildman–Crippen LogP) is 6.07. The molecular formula is C25H20BrN5O2. The summed E-state index contributed by atoms with van der Waals surface area (Å²) in [6.07, 6.45) is 3.42. The zero-order valence-corrected chi connectivity index (χ0v) is 19.1. The van der Waals surface area contributed by atoms with Gasteiger partial charge in [0.25, 0.3) is 0 Å². The Morgan fingerprint density at radius 1 is 1.09 bits per heavy atom. The third-order valence-electron chi connectivity index (χ3n) is 6.55. The topological polar surface area (TPSA) is 92.1 Å². The van der Waals surface area contributed by atoms with Gasteiger partial charge in [-0.1, -0.05) is 36.4 Å². The lowest BCUT2D eigenvalue weighted by molar-refractivity contribution is 0.144. The van der Waals surface area contributed by atoms with Crippen LogP contribution in [0, 0.1) is 0 Å². The molecule has 7 nitrogen and oxygen atoms in total. The number of nitrogens with one attached hydrogen (secondary N) is 2. The van der Waals surface area contributed by atoms with Gasteiger partial charge in [-0.15, -0.1) is 0 Å². The Morgan fingerprint density at radius 3 is 2.61 bits per heavy atom. The molecule has 3 heterocycles. The van der Waals surface area contributed by atoms with E-state index in [1.54, 1.807) is 6.20 Å². The van der Waals surface area contributed by atoms with E-state index < -0.39 is 11.6 Å². The lowest BCUT2D eigenvalue weighted by Gasteiger charge is -2.42. The largest absolute Gasteiger partial charge is 0.465 e. The molecule has 6 rings (SSSR count). The normalized spacial score (nSPS) is 15.2. The smallest absolute Gasteiger partial charge is 0.405 e. The summed E-state index contributed by atoms with van der Waals surface area (Å²) >= 11 is 3.70. The molecule has 1 fully saturated rings. The van der Waals surface area contributed by atoms with Gasteiger partial charge in [0.2, 0.25) is 0 Å². The van der Waals surface area contributed by atoms with Crippen LogP contribution in [-0.4, -0.2) is 25.7 Å². The van der Waals surface area contributed by atoms with Gasteiger partial charge < -0.3 is 15.7 Å². The van der Waals surface area contributed by atoms with Crippen molar-refractivity contribution in [3.05, 3.63) is 77.0 Å². The van der Waals surface area contributed by atoms with Gasteiger partial charge >= 0.3 is 6.09 Å². The molecule has 8 heteroatoms. The third-order valence-corrected chi connectivity index (χ3v) is 7.10. The summed E-state index contributed by atoms with van der Waals surface area (Å²) < 4.78 is 2.85. The van der Waals surface area contributed by atoms with Gasteiger partial charge in [-0.25, -0.2) is 14.8 Å². The van der Waals surface area contributed by atoms with Crippen LogP contribution in [0.25, 0.3) is 28.3 Å². The number of benzene rings is 2. The van der Waals surface area contributed by atoms with Crippen LogP contribution in [0.3, 0.4) is 0 Å². The standard InChI is InChI=1S/C25H20BrN5O2/c26-21-20(15-8-10-16(11-9-15)25(12-4-13-25)30-24(32)33)31-19-7-3-14-27-22(19)28-18-6-2-1-5-17(18)23(31)29-21/h1-3,5-11,14,30H,4,12-13H2,(H,27,28)(H,32,33). The number of rotatable bonds is 3. The summed E-state index contributed by atoms with van der Waals surface area (Å²) in [7, 11) is 0. The van der Waals surface area contributed by atoms with Crippen molar-refractivity contribution in [1.82, 2.24) is 19.9 Å². The average Bonchev–Trinajstić information content (AvgIpc) is 3.07. The van der Waals surface area contributed by atoms with Gasteiger partial charge in [-0.2, -0.15) is 0 Å². The van der Waals surface area contributed by atoms with Crippen LogP contribution in [-0.2, 0) is 5.54 Å². The van der Waals surface area contributed by atoms with E-state index in [1.165, 1.54) is 0 Å². The molecule has 1 saturated carbocycles. The van der Waals surface area contributed by atoms with E-state index in [2.05, 4.69) is 36.1 Å². The zero-order chi connectivity index (χ0) is 22.6. The second kappa shape index (κ2) is 7.45. The molecule has 1 amide bonds. The first-order chi connectivity index (χ1) is 16.1. The number of hydrogen-bond donors (Lipinski definition) is 3. The monoisotopic (exact) mass is 501 g/mol. The quantitative estimate of drug-likeness (QED) is 0.279. The number of nitrogens with zero attached hydrogens (tertiary/aromatic N) is 3. The molecule has 1 aliphatic carbocycles. The fraction of sp³-hybridized carbons (Fsp3) is 0.160. The summed E-state index contributed by atoms with van der Waals surface area (Å²) in [6.45, 7) is 0. The number of aromatic nitrogens is 3. The van der Waals surface area contributed by atoms with E-state index in [1.807, 2.05) is 60.7 Å². The van der Waals surface area contributed by atoms with Crippen LogP contribution >= 0.6 is 15.9 Å². The first kappa shape index (κ1) is 20.0. The highest BCUT2D eigenvalue weighted by Gasteiger charge is 2.40. The Morgan fingerprint density at radius 2 is 1.88 bits per heavy atom. The molecule has 164 valence electrons. The summed E-state index contributed by atoms with van der Waals surface area (Å²) in [5.41, 5.74) is 5.22. The molecule has 2 aromatic heterocycles. The summed E-state index contributed by atoms with van der Waals surface area (Å²) in [4.78, 5) is 20.8. The molecule has 0 atom stereocenters. The Hall–Kier alpha value is -3.65. The zero-order valence-electron chi connectivity index (χ0n) is 17.5. The van der Waals surface area contributed by atoms with E-state index in [0.717, 1.165) is 69.3 Å². The lowest BCUT2D eigenvalue weighted by atomic mass is 9.72. The number of pyridine rings is 1. The number of para-hydroxylation sites is 1. The number of carbonyl (C=O) groups is 1. The minimum absolute atomic E-state index is 0.491. The van der Waals surface area contributed by atoms with Crippen LogP contribution in [0.4, 0.5) is 16.3 Å². The van der Waals surface area contributed by atoms with E-state index in [4.69, 9.17) is 4.98 Å². The third kappa shape index (κ3) is 3.13. The van der Waals surface area contributed by atoms with Gasteiger partial charge in [-0.05, 0) is 65.0 Å². The second-order valence-electron chi connectivity index (χ2n) is 8.40. The van der Waals surface area contributed by atoms with Gasteiger partial charge in [0, 0.05) is 17.3 Å². The molecule has 0 saturated heterocycles. The number of imidazole rings is 1. The Labute approximate surface area is 198 Å². The maximum absolute atomic E-state index is 11.3. The van der Waals surface area contributed by atoms with E-state index in [9.17, 15) is 9.90 Å². The summed E-state index contributed by atoms with van der Waals surface area (Å²) in [6, 6.07) is 20.1. The minimum atomic E-state index is -0.988. The molecule has 0 bridgehead atoms. The molecular weight excluding hydrogens is 482 g/mol. The first-order valence-electron chi connectivity index (χ1n) is 10.8. The second-order valence-corrected chi connectivity index (χ2v) is 9.15. The molecule has 33 heavy (non-hydrogen) atoms. The van der Waals surface area contributed by atoms with Crippen LogP contribution in [0.2, 0.25) is 0 Å². The fourth-order valence-corrected chi connectivity index (χ4v) is 5.39. The van der Waals surface area contributed by atoms with Crippen molar-refractivity contribution in [2.24, 2.45) is 0 Å². The molecule has 0 radical (unpaired) electrons. The number of fused-ring (bicyclic) bond motifs is 5. The van der Waals surface area contributed by atoms with Crippen molar-refractivity contribution < 1.29 is 9.90 Å². The number of halogens is 1. The minimum Gasteiger partial charge on any atom is -0.465 e. The van der Waals surface area contributed by atoms with Crippen LogP contribution in [0.1, 0.15) is 24.8 Å². The molecule has 1 aliphatic heterocycles. The molecule has 3 N–H and O–H groups in total. The Kier molecular flexibility index (Phi) is 4.51. The van der Waals surface area contributed by atoms with Gasteiger partial charge in [0.15, 0.2) is 5.82 Å². The van der Waals surface area contributed by atoms with Crippen molar-refractivity contribution in [2.75, 3.05) is 5.32 Å². The fourth-order valence-electron chi connectivity index (χ4n) is 4.81. The first-order valence-corrected chi connectivity index (χ1v) is 11.6. The highest BCUT2D eigenvalue weighted by atomic mass is 79.9. The van der Waals surface area contributed by atoms with Crippen molar-refractivity contribution >= 4 is 33.5 Å². The van der Waals surface area contributed by atoms with Crippen LogP contribution < -0.4 is 10.6 Å². The molecule has 2 aliphatic rings. The summed E-state index contributed by atoms with van der Waals surface area (Å²) in [5, 5.41) is 15.5. The number of hydrogen-bond acceptors (Lipinski definition) is 4. The average molecular weight is 502 g/mol. The summed E-state index contributed by atoms with van der Waals surface area (Å²) in [5.74, 6) is 1.57. The van der Waals surface area contributed by atoms with Gasteiger partial charge in [-0.3, -0.25) is 4.57 Å². The van der Waals surface area contributed by atoms with Crippen molar-refractivity contribution in [1.29, 1.82) is 0 Å². The molecule has 2 aromatic carbocycles. The number of amides is 1. The SMILES string of the molecule is O=C(O)NC1(c2ccc(-c3c(Br)nc4n3-c3cccnc3Nc3ccccc3-4)cc2)CCC1. The Bertz CT molecular complexity index is 1390. The van der Waals surface area contributed by atoms with Gasteiger partial charge in [0.05, 0.1) is 22.6 Å². The number of anilines is 2. The number of carboxylic acid groups (broad SMARTS) is 1. The molecule has 0 spiro atoms. The van der Waals surface area contributed by atoms with Crippen molar-refractivity contribution in [3.8, 4) is 28.3 Å². The van der Waals surface area contributed by atoms with Crippen LogP contribution in [0.5, 0.6) is 0 Å². The van der Waals surface area contributed by atoms with Gasteiger partial charge in [0.1, 0.15) is 10.4 Å². The lowest BCUT2D eigenvalue weighted by Crippen LogP contribution is -2.50. The van der Waals surface area contributed by atoms with Crippen molar-refractivity contribution in [2.45, 2.75) is 24.8 Å².